The van der Waals surface area contributed by atoms with Crippen LogP contribution in [0.5, 0.6) is 0 Å². The van der Waals surface area contributed by atoms with Gasteiger partial charge in [0.05, 0.1) is 31.0 Å². The molecule has 0 aromatic carbocycles. The van der Waals surface area contributed by atoms with Gasteiger partial charge in [-0.05, 0) is 13.8 Å². The fourth-order valence-electron chi connectivity index (χ4n) is 5.11. The molecule has 0 bridgehead atoms. The molecule has 3 fully saturated rings. The molecule has 236 valence electrons. The molecule has 18 heteroatoms. The predicted octanol–water partition coefficient (Wildman–Crippen LogP) is -5.78. The fraction of sp³-hybridized carbons (Fsp3) is 0.870. The molecule has 0 aliphatic carbocycles. The number of hydrogen-bond donors (Lipinski definition) is 10. The molecule has 3 aliphatic heterocycles. The van der Waals surface area contributed by atoms with E-state index in [2.05, 4.69) is 10.6 Å². The van der Waals surface area contributed by atoms with Crippen LogP contribution in [-0.2, 0) is 38.1 Å². The van der Waals surface area contributed by atoms with Crippen molar-refractivity contribution >= 4 is 18.3 Å². The van der Waals surface area contributed by atoms with Crippen molar-refractivity contribution in [2.24, 2.45) is 0 Å². The molecule has 0 aromatic rings. The van der Waals surface area contributed by atoms with Gasteiger partial charge in [-0.2, -0.15) is 0 Å². The zero-order chi connectivity index (χ0) is 30.8. The monoisotopic (exact) mass is 598 g/mol. The summed E-state index contributed by atoms with van der Waals surface area (Å²) in [4.78, 5) is 35.0. The van der Waals surface area contributed by atoms with Crippen molar-refractivity contribution in [3.8, 4) is 0 Å². The van der Waals surface area contributed by atoms with Gasteiger partial charge < -0.3 is 75.2 Å². The zero-order valence-corrected chi connectivity index (χ0v) is 22.4. The molecule has 18 nitrogen and oxygen atoms in total. The van der Waals surface area contributed by atoms with E-state index in [9.17, 15) is 55.2 Å². The third-order valence-electron chi connectivity index (χ3n) is 7.19. The summed E-state index contributed by atoms with van der Waals surface area (Å²) in [5.41, 5.74) is 0. The zero-order valence-electron chi connectivity index (χ0n) is 22.4. The van der Waals surface area contributed by atoms with E-state index in [-0.39, 0.29) is 6.41 Å². The maximum atomic E-state index is 12.3. The lowest BCUT2D eigenvalue weighted by Gasteiger charge is -2.48. The number of nitrogens with one attached hydrogen (secondary N) is 2. The second-order valence-electron chi connectivity index (χ2n) is 10.4. The van der Waals surface area contributed by atoms with E-state index in [1.807, 2.05) is 0 Å². The summed E-state index contributed by atoms with van der Waals surface area (Å²) in [5.74, 6) is -5.09. The van der Waals surface area contributed by atoms with Gasteiger partial charge in [-0.15, -0.1) is 0 Å². The molecule has 3 aliphatic rings. The van der Waals surface area contributed by atoms with Crippen LogP contribution in [0.3, 0.4) is 0 Å². The summed E-state index contributed by atoms with van der Waals surface area (Å²) in [6.07, 6.45) is -19.5. The minimum atomic E-state index is -2.74. The Hall–Kier alpha value is -2.07. The standard InChI is InChI=1S/C23H38N2O16/c1-7(27)12(24-6-26)18-14(31)10(30)4-23(41-18,22(35)36)40-11-5-37-21(16(33)15(11)32)39-19-13(25-9(3)29)20(34)38-17(19)8(2)28/h6-8,10-21,27-28,30-34H,4-5H2,1-3H3,(H,24,26)(H,25,29)(H,35,36)/t7-,8+,10-,11+,12-,13+,14-,15-,16+,17-,18-,19+,20+,21-,23-/m0/s1. The maximum Gasteiger partial charge on any atom is 0.364 e. The van der Waals surface area contributed by atoms with Gasteiger partial charge >= 0.3 is 5.97 Å². The van der Waals surface area contributed by atoms with Crippen LogP contribution in [0.15, 0.2) is 0 Å². The fourth-order valence-corrected chi connectivity index (χ4v) is 5.11. The molecule has 0 saturated carbocycles. The summed E-state index contributed by atoms with van der Waals surface area (Å²) in [6, 6.07) is -2.57. The first-order valence-electron chi connectivity index (χ1n) is 12.9. The summed E-state index contributed by atoms with van der Waals surface area (Å²) in [6.45, 7) is 3.12. The number of ether oxygens (including phenoxy) is 5. The summed E-state index contributed by atoms with van der Waals surface area (Å²) >= 11 is 0. The van der Waals surface area contributed by atoms with Gasteiger partial charge in [0.25, 0.3) is 5.79 Å². The second kappa shape index (κ2) is 13.5. The number of carboxylic acids is 1. The Morgan fingerprint density at radius 2 is 1.71 bits per heavy atom. The lowest BCUT2D eigenvalue weighted by molar-refractivity contribution is -0.360. The summed E-state index contributed by atoms with van der Waals surface area (Å²) < 4.78 is 27.5. The van der Waals surface area contributed by atoms with Crippen molar-refractivity contribution in [1.82, 2.24) is 10.6 Å². The molecule has 10 N–H and O–H groups in total. The van der Waals surface area contributed by atoms with Gasteiger partial charge in [-0.1, -0.05) is 0 Å². The van der Waals surface area contributed by atoms with Gasteiger partial charge in [0.1, 0.15) is 48.8 Å². The molecule has 0 unspecified atom stereocenters. The van der Waals surface area contributed by atoms with Crippen LogP contribution in [0.2, 0.25) is 0 Å². The molecular weight excluding hydrogens is 560 g/mol. The van der Waals surface area contributed by atoms with Crippen molar-refractivity contribution in [1.29, 1.82) is 0 Å². The number of carbonyl (C=O) groups excluding carboxylic acids is 2. The number of aliphatic hydroxyl groups is 7. The van der Waals surface area contributed by atoms with Gasteiger partial charge in [0, 0.05) is 13.3 Å². The summed E-state index contributed by atoms with van der Waals surface area (Å²) in [5, 5.41) is 87.4. The molecular formula is C23H38N2O16. The molecule has 2 amide bonds. The minimum Gasteiger partial charge on any atom is -0.477 e. The van der Waals surface area contributed by atoms with Gasteiger partial charge in [-0.3, -0.25) is 9.59 Å². The second-order valence-corrected chi connectivity index (χ2v) is 10.4. The van der Waals surface area contributed by atoms with Crippen LogP contribution < -0.4 is 10.6 Å². The summed E-state index contributed by atoms with van der Waals surface area (Å²) in [7, 11) is 0. The Balaban J connectivity index is 1.78. The van der Waals surface area contributed by atoms with Crippen molar-refractivity contribution in [2.75, 3.05) is 6.61 Å². The van der Waals surface area contributed by atoms with E-state index < -0.39 is 116 Å². The predicted molar refractivity (Wildman–Crippen MR) is 128 cm³/mol. The van der Waals surface area contributed by atoms with Crippen LogP contribution >= 0.6 is 0 Å². The molecule has 41 heavy (non-hydrogen) atoms. The normalized spacial score (nSPS) is 43.5. The number of rotatable bonds is 11. The molecule has 15 atom stereocenters. The average molecular weight is 599 g/mol. The van der Waals surface area contributed by atoms with Crippen molar-refractivity contribution < 1.29 is 78.9 Å². The first-order chi connectivity index (χ1) is 19.1. The first-order valence-corrected chi connectivity index (χ1v) is 12.9. The Kier molecular flexibility index (Phi) is 11.0. The van der Waals surface area contributed by atoms with Crippen molar-refractivity contribution in [3.05, 3.63) is 0 Å². The quantitative estimate of drug-likeness (QED) is 0.0991. The third kappa shape index (κ3) is 7.12. The molecule has 0 spiro atoms. The topological polar surface area (TPSA) is 283 Å². The molecule has 0 aromatic heterocycles. The Bertz CT molecular complexity index is 924. The number of aliphatic carboxylic acids is 1. The highest BCUT2D eigenvalue weighted by Gasteiger charge is 2.58. The minimum absolute atomic E-state index is 0.181. The van der Waals surface area contributed by atoms with Gasteiger partial charge in [0.15, 0.2) is 12.6 Å². The van der Waals surface area contributed by atoms with E-state index >= 15 is 0 Å². The first kappa shape index (κ1) is 33.4. The van der Waals surface area contributed by atoms with Crippen LogP contribution in [0, 0.1) is 0 Å². The number of carbonyl (C=O) groups is 3. The number of amides is 2. The Morgan fingerprint density at radius 1 is 1.05 bits per heavy atom. The largest absolute Gasteiger partial charge is 0.477 e. The van der Waals surface area contributed by atoms with Crippen LogP contribution in [0.4, 0.5) is 0 Å². The van der Waals surface area contributed by atoms with Crippen LogP contribution in [0.1, 0.15) is 27.2 Å². The highest BCUT2D eigenvalue weighted by Crippen LogP contribution is 2.36. The molecule has 3 rings (SSSR count). The molecule has 3 heterocycles. The molecule has 0 radical (unpaired) electrons. The van der Waals surface area contributed by atoms with Crippen molar-refractivity contribution in [2.45, 2.75) is 119 Å². The van der Waals surface area contributed by atoms with E-state index in [1.165, 1.54) is 20.8 Å². The number of hydrogen-bond acceptors (Lipinski definition) is 15. The van der Waals surface area contributed by atoms with Crippen molar-refractivity contribution in [3.63, 3.8) is 0 Å². The highest BCUT2D eigenvalue weighted by molar-refractivity contribution is 5.76. The number of aliphatic hydroxyl groups excluding tert-OH is 7. The smallest absolute Gasteiger partial charge is 0.364 e. The van der Waals surface area contributed by atoms with Crippen LogP contribution in [-0.4, -0.2) is 157 Å². The van der Waals surface area contributed by atoms with E-state index in [4.69, 9.17) is 23.7 Å². The SMILES string of the molecule is CC(=O)N[C@@H]1[C@@H](O[C@@H]2OC[C@@H](O[C@@]3(C(=O)O)C[C@H](O)[C@H](O)[C@H]([C@@H](NC=O)[C@H](C)O)O3)[C@H](O)[C@H]2O)[C@H]([C@@H](C)O)O[C@H]1O. The average Bonchev–Trinajstić information content (AvgIpc) is 3.18. The van der Waals surface area contributed by atoms with Gasteiger partial charge in [-0.25, -0.2) is 4.79 Å². The highest BCUT2D eigenvalue weighted by atomic mass is 16.8. The Morgan fingerprint density at radius 3 is 2.24 bits per heavy atom. The van der Waals surface area contributed by atoms with E-state index in [0.29, 0.717) is 0 Å². The molecule has 3 saturated heterocycles. The van der Waals surface area contributed by atoms with E-state index in [1.54, 1.807) is 0 Å². The number of carboxylic acid groups (broad SMARTS) is 1. The third-order valence-corrected chi connectivity index (χ3v) is 7.19. The lowest BCUT2D eigenvalue weighted by atomic mass is 9.89. The lowest BCUT2D eigenvalue weighted by Crippen LogP contribution is -2.68. The van der Waals surface area contributed by atoms with Crippen LogP contribution in [0.25, 0.3) is 0 Å². The van der Waals surface area contributed by atoms with E-state index in [0.717, 1.165) is 0 Å². The maximum absolute atomic E-state index is 12.3. The Labute approximate surface area is 233 Å². The van der Waals surface area contributed by atoms with Gasteiger partial charge in [0.2, 0.25) is 12.3 Å².